The number of aromatic amines is 2. The van der Waals surface area contributed by atoms with Crippen LogP contribution in [0.15, 0.2) is 91.3 Å². The summed E-state index contributed by atoms with van der Waals surface area (Å²) in [5.74, 6) is 1.06. The van der Waals surface area contributed by atoms with Gasteiger partial charge in [0.2, 0.25) is 11.9 Å². The van der Waals surface area contributed by atoms with Gasteiger partial charge in [-0.05, 0) is 69.1 Å². The summed E-state index contributed by atoms with van der Waals surface area (Å²) < 4.78 is 5.37. The first-order valence-electron chi connectivity index (χ1n) is 19.5. The summed E-state index contributed by atoms with van der Waals surface area (Å²) in [6.45, 7) is 0.254. The number of nitrogens with one attached hydrogen (secondary N) is 5. The van der Waals surface area contributed by atoms with Crippen molar-refractivity contribution in [1.29, 1.82) is 0 Å². The largest absolute Gasteiger partial charge is 0.445 e. The van der Waals surface area contributed by atoms with E-state index >= 15 is 0 Å². The Bertz CT molecular complexity index is 2480. The average Bonchev–Trinajstić information content (AvgIpc) is 3.87. The molecule has 2 aliphatic rings. The highest BCUT2D eigenvalue weighted by molar-refractivity contribution is 6.33. The Kier molecular flexibility index (Phi) is 12.2. The highest BCUT2D eigenvalue weighted by Crippen LogP contribution is 2.32. The second kappa shape index (κ2) is 18.2. The first-order chi connectivity index (χ1) is 28.4. The molecule has 4 atom stereocenters. The highest BCUT2D eigenvalue weighted by Gasteiger charge is 2.25. The SMILES string of the molecule is N[C@H]1CCC[C@@H](Nc2ncc(Cl)c(-c3n[nH]c4ccccc34)n2)C1.O=C(N[C@H]1CCC[C@@H](Nc2ncc(Cl)c(-c3n[nH]c4ccccc34)n2)C1)OCc1ccccc1. The van der Waals surface area contributed by atoms with Crippen LogP contribution >= 0.6 is 23.2 Å². The lowest BCUT2D eigenvalue weighted by Gasteiger charge is -2.30. The number of ether oxygens (including phenoxy) is 1. The maximum Gasteiger partial charge on any atom is 0.407 e. The van der Waals surface area contributed by atoms with Crippen LogP contribution in [-0.4, -0.2) is 70.6 Å². The van der Waals surface area contributed by atoms with Crippen molar-refractivity contribution in [1.82, 2.24) is 45.6 Å². The zero-order chi connectivity index (χ0) is 39.8. The minimum atomic E-state index is -0.398. The lowest BCUT2D eigenvalue weighted by Crippen LogP contribution is -2.42. The quantitative estimate of drug-likeness (QED) is 0.0815. The van der Waals surface area contributed by atoms with Gasteiger partial charge >= 0.3 is 6.09 Å². The Labute approximate surface area is 345 Å². The van der Waals surface area contributed by atoms with Gasteiger partial charge in [-0.3, -0.25) is 10.2 Å². The molecule has 4 heterocycles. The molecular weight excluding hydrogens is 775 g/mol. The van der Waals surface area contributed by atoms with Gasteiger partial charge in [-0.15, -0.1) is 0 Å². The lowest BCUT2D eigenvalue weighted by atomic mass is 9.91. The third-order valence-electron chi connectivity index (χ3n) is 10.5. The number of fused-ring (bicyclic) bond motifs is 2. The molecule has 7 N–H and O–H groups in total. The molecule has 3 aromatic carbocycles. The second-order valence-corrected chi connectivity index (χ2v) is 15.5. The van der Waals surface area contributed by atoms with Gasteiger partial charge in [-0.2, -0.15) is 10.2 Å². The van der Waals surface area contributed by atoms with E-state index in [1.165, 1.54) is 0 Å². The molecule has 14 nitrogen and oxygen atoms in total. The molecule has 298 valence electrons. The Morgan fingerprint density at radius 1 is 0.672 bits per heavy atom. The highest BCUT2D eigenvalue weighted by atomic mass is 35.5. The van der Waals surface area contributed by atoms with Crippen molar-refractivity contribution in [3.8, 4) is 22.8 Å². The first kappa shape index (κ1) is 39.0. The number of halogens is 2. The number of rotatable bonds is 9. The van der Waals surface area contributed by atoms with E-state index in [0.29, 0.717) is 45.1 Å². The van der Waals surface area contributed by atoms with Gasteiger partial charge in [-0.1, -0.05) is 89.9 Å². The summed E-state index contributed by atoms with van der Waals surface area (Å²) in [4.78, 5) is 30.2. The van der Waals surface area contributed by atoms with Gasteiger partial charge in [-0.25, -0.2) is 24.7 Å². The van der Waals surface area contributed by atoms with E-state index in [9.17, 15) is 4.79 Å². The summed E-state index contributed by atoms with van der Waals surface area (Å²) in [5, 5.41) is 27.5. The van der Waals surface area contributed by atoms with E-state index in [1.807, 2.05) is 78.9 Å². The van der Waals surface area contributed by atoms with Crippen molar-refractivity contribution < 1.29 is 9.53 Å². The average molecular weight is 820 g/mol. The van der Waals surface area contributed by atoms with Crippen molar-refractivity contribution in [2.75, 3.05) is 10.6 Å². The number of carbonyl (C=O) groups excluding carboxylic acids is 1. The normalized spacial score (nSPS) is 19.2. The Morgan fingerprint density at radius 3 is 1.78 bits per heavy atom. The van der Waals surface area contributed by atoms with Crippen molar-refractivity contribution >= 4 is 63.0 Å². The fourth-order valence-corrected chi connectivity index (χ4v) is 7.96. The van der Waals surface area contributed by atoms with E-state index in [-0.39, 0.29) is 24.7 Å². The number of para-hydroxylation sites is 2. The lowest BCUT2D eigenvalue weighted by molar-refractivity contribution is 0.132. The monoisotopic (exact) mass is 818 g/mol. The smallest absolute Gasteiger partial charge is 0.407 e. The van der Waals surface area contributed by atoms with Crippen LogP contribution in [0.4, 0.5) is 16.7 Å². The number of alkyl carbamates (subject to hydrolysis) is 1. The van der Waals surface area contributed by atoms with Crippen LogP contribution in [0.5, 0.6) is 0 Å². The zero-order valence-corrected chi connectivity index (χ0v) is 33.2. The van der Waals surface area contributed by atoms with Gasteiger partial charge in [0, 0.05) is 34.9 Å². The molecule has 4 aromatic heterocycles. The molecule has 2 aliphatic carbocycles. The van der Waals surface area contributed by atoms with Crippen LogP contribution in [0.2, 0.25) is 10.0 Å². The van der Waals surface area contributed by atoms with Gasteiger partial charge in [0.1, 0.15) is 29.4 Å². The molecule has 0 aliphatic heterocycles. The number of nitrogens with two attached hydrogens (primary N) is 1. The van der Waals surface area contributed by atoms with Crippen LogP contribution in [0, 0.1) is 0 Å². The number of nitrogens with zero attached hydrogens (tertiary/aromatic N) is 6. The van der Waals surface area contributed by atoms with Crippen molar-refractivity contribution in [3.63, 3.8) is 0 Å². The standard InChI is InChI=1S/C25H25ClN6O2.C17H19ClN6/c26-20-14-27-24(30-23(20)22-19-11-4-5-12-21(19)31-32-22)28-17-9-6-10-18(13-17)29-25(33)34-15-16-7-2-1-3-8-16;18-13-9-20-17(21-11-5-3-4-10(19)8-11)22-16(13)15-12-6-1-2-7-14(12)23-24-15/h1-5,7-8,11-12,14,17-18H,6,9-10,13,15H2,(H,29,33)(H,31,32)(H,27,28,30);1-2,6-7,9-11H,3-5,8,19H2,(H,23,24)(H,20,21,22)/t17-,18+;10-,11+/m10/s1. The van der Waals surface area contributed by atoms with E-state index in [2.05, 4.69) is 56.3 Å². The zero-order valence-electron chi connectivity index (χ0n) is 31.7. The van der Waals surface area contributed by atoms with E-state index in [1.54, 1.807) is 12.4 Å². The number of aromatic nitrogens is 8. The predicted molar refractivity (Wildman–Crippen MR) is 228 cm³/mol. The molecule has 0 bridgehead atoms. The molecule has 7 aromatic rings. The van der Waals surface area contributed by atoms with E-state index in [4.69, 9.17) is 33.7 Å². The number of hydrogen-bond acceptors (Lipinski definition) is 11. The molecule has 2 saturated carbocycles. The van der Waals surface area contributed by atoms with Gasteiger partial charge < -0.3 is 26.4 Å². The summed E-state index contributed by atoms with van der Waals surface area (Å²) in [5.41, 5.74) is 11.5. The van der Waals surface area contributed by atoms with Crippen LogP contribution in [0.1, 0.15) is 56.9 Å². The second-order valence-electron chi connectivity index (χ2n) is 14.7. The Balaban J connectivity index is 0.000000172. The summed E-state index contributed by atoms with van der Waals surface area (Å²) >= 11 is 12.7. The molecule has 0 spiro atoms. The van der Waals surface area contributed by atoms with E-state index < -0.39 is 6.09 Å². The van der Waals surface area contributed by atoms with E-state index in [0.717, 1.165) is 84.4 Å². The summed E-state index contributed by atoms with van der Waals surface area (Å²) in [7, 11) is 0. The molecule has 9 rings (SSSR count). The number of benzene rings is 3. The number of amides is 1. The molecule has 0 radical (unpaired) electrons. The molecule has 1 amide bonds. The third-order valence-corrected chi connectivity index (χ3v) is 11.0. The predicted octanol–water partition coefficient (Wildman–Crippen LogP) is 8.68. The van der Waals surface area contributed by atoms with Crippen molar-refractivity contribution in [3.05, 3.63) is 107 Å². The minimum Gasteiger partial charge on any atom is -0.445 e. The van der Waals surface area contributed by atoms with Crippen LogP contribution in [-0.2, 0) is 11.3 Å². The minimum absolute atomic E-state index is 0.0246. The topological polar surface area (TPSA) is 197 Å². The Morgan fingerprint density at radius 2 is 1.19 bits per heavy atom. The van der Waals surface area contributed by atoms with Crippen molar-refractivity contribution in [2.24, 2.45) is 5.73 Å². The van der Waals surface area contributed by atoms with Crippen LogP contribution < -0.4 is 21.7 Å². The van der Waals surface area contributed by atoms with Gasteiger partial charge in [0.05, 0.1) is 33.5 Å². The molecule has 2 fully saturated rings. The maximum absolute atomic E-state index is 12.3. The Hall–Kier alpha value is -5.83. The van der Waals surface area contributed by atoms with Crippen molar-refractivity contribution in [2.45, 2.75) is 82.1 Å². The fraction of sp³-hybridized carbons (Fsp3) is 0.310. The first-order valence-corrected chi connectivity index (χ1v) is 20.3. The number of hydrogen-bond donors (Lipinski definition) is 6. The molecule has 58 heavy (non-hydrogen) atoms. The third kappa shape index (κ3) is 9.47. The maximum atomic E-state index is 12.3. The van der Waals surface area contributed by atoms with Crippen LogP contribution in [0.25, 0.3) is 44.6 Å². The van der Waals surface area contributed by atoms with Gasteiger partial charge in [0.25, 0.3) is 0 Å². The fourth-order valence-electron chi connectivity index (χ4n) is 7.60. The number of carbonyl (C=O) groups is 1. The summed E-state index contributed by atoms with van der Waals surface area (Å²) in [6.07, 6.45) is 10.7. The number of anilines is 2. The summed E-state index contributed by atoms with van der Waals surface area (Å²) in [6, 6.07) is 26.1. The van der Waals surface area contributed by atoms with Gasteiger partial charge in [0.15, 0.2) is 0 Å². The molecule has 0 saturated heterocycles. The molecule has 0 unspecified atom stereocenters. The molecule has 16 heteroatoms. The van der Waals surface area contributed by atoms with Crippen LogP contribution in [0.3, 0.4) is 0 Å². The molecular formula is C42H44Cl2N12O2. The number of H-pyrrole nitrogens is 2.